The number of ether oxygens (including phenoxy) is 1. The SMILES string of the molecule is COc1ccccc1CNC(=O)[C@@H]1c2c(n(C)c3ccccc23)SCC(=O)N1c1cc(C)cc(C)c1. The summed E-state index contributed by atoms with van der Waals surface area (Å²) >= 11 is 1.49. The molecule has 4 aromatic rings. The van der Waals surface area contributed by atoms with Gasteiger partial charge in [-0.05, 0) is 49.2 Å². The third-order valence-corrected chi connectivity index (χ3v) is 7.76. The van der Waals surface area contributed by atoms with Crippen LogP contribution in [0.4, 0.5) is 5.69 Å². The fourth-order valence-corrected chi connectivity index (χ4v) is 6.14. The van der Waals surface area contributed by atoms with E-state index in [0.29, 0.717) is 12.3 Å². The van der Waals surface area contributed by atoms with Crippen molar-refractivity contribution in [1.82, 2.24) is 9.88 Å². The number of nitrogens with one attached hydrogen (secondary N) is 1. The molecule has 1 N–H and O–H groups in total. The van der Waals surface area contributed by atoms with Gasteiger partial charge in [-0.1, -0.05) is 54.2 Å². The predicted molar refractivity (Wildman–Crippen MR) is 145 cm³/mol. The number of carbonyl (C=O) groups is 2. The average Bonchev–Trinajstić information content (AvgIpc) is 3.04. The van der Waals surface area contributed by atoms with Crippen LogP contribution in [0.25, 0.3) is 10.9 Å². The van der Waals surface area contributed by atoms with Gasteiger partial charge in [-0.25, -0.2) is 0 Å². The Morgan fingerprint density at radius 3 is 2.50 bits per heavy atom. The van der Waals surface area contributed by atoms with Gasteiger partial charge in [-0.3, -0.25) is 14.5 Å². The van der Waals surface area contributed by atoms with Crippen molar-refractivity contribution in [2.24, 2.45) is 7.05 Å². The summed E-state index contributed by atoms with van der Waals surface area (Å²) in [5.41, 5.74) is 5.59. The zero-order valence-corrected chi connectivity index (χ0v) is 21.7. The number of rotatable bonds is 5. The second-order valence-electron chi connectivity index (χ2n) is 9.13. The Balaban J connectivity index is 1.66. The lowest BCUT2D eigenvalue weighted by Crippen LogP contribution is -2.44. The summed E-state index contributed by atoms with van der Waals surface area (Å²) in [7, 11) is 3.61. The molecule has 1 aliphatic rings. The highest BCUT2D eigenvalue weighted by atomic mass is 32.2. The molecule has 5 rings (SSSR count). The quantitative estimate of drug-likeness (QED) is 0.405. The van der Waals surface area contributed by atoms with Crippen molar-refractivity contribution in [3.8, 4) is 5.75 Å². The first-order valence-corrected chi connectivity index (χ1v) is 12.9. The molecule has 2 amide bonds. The van der Waals surface area contributed by atoms with E-state index in [2.05, 4.69) is 22.0 Å². The summed E-state index contributed by atoms with van der Waals surface area (Å²) in [6, 6.07) is 20.9. The number of benzene rings is 3. The van der Waals surface area contributed by atoms with Crippen LogP contribution in [-0.4, -0.2) is 29.2 Å². The van der Waals surface area contributed by atoms with E-state index < -0.39 is 6.04 Å². The highest BCUT2D eigenvalue weighted by molar-refractivity contribution is 8.00. The van der Waals surface area contributed by atoms with Crippen LogP contribution in [0.2, 0.25) is 0 Å². The Bertz CT molecular complexity index is 1460. The van der Waals surface area contributed by atoms with Crippen LogP contribution in [0, 0.1) is 13.8 Å². The van der Waals surface area contributed by atoms with Gasteiger partial charge in [0.05, 0.1) is 17.9 Å². The van der Waals surface area contributed by atoms with E-state index in [9.17, 15) is 9.59 Å². The van der Waals surface area contributed by atoms with Crippen molar-refractivity contribution in [3.63, 3.8) is 0 Å². The van der Waals surface area contributed by atoms with E-state index in [1.807, 2.05) is 75.5 Å². The maximum absolute atomic E-state index is 14.1. The van der Waals surface area contributed by atoms with Crippen molar-refractivity contribution in [2.45, 2.75) is 31.5 Å². The highest BCUT2D eigenvalue weighted by Gasteiger charge is 2.39. The number of thioether (sulfide) groups is 1. The fraction of sp³-hybridized carbons (Fsp3) is 0.241. The highest BCUT2D eigenvalue weighted by Crippen LogP contribution is 2.43. The van der Waals surface area contributed by atoms with E-state index >= 15 is 0 Å². The van der Waals surface area contributed by atoms with Gasteiger partial charge in [0.25, 0.3) is 0 Å². The van der Waals surface area contributed by atoms with E-state index in [-0.39, 0.29) is 17.6 Å². The van der Waals surface area contributed by atoms with Gasteiger partial charge in [-0.15, -0.1) is 0 Å². The standard InChI is InChI=1S/C29H29N3O3S/c1-18-13-19(2)15-21(14-18)32-25(33)17-36-29-26(22-10-6-7-11-23(22)31(29)3)27(32)28(34)30-16-20-9-5-8-12-24(20)35-4/h5-15,27H,16-17H2,1-4H3,(H,30,34)/t27-/m0/s1. The van der Waals surface area contributed by atoms with Gasteiger partial charge in [0, 0.05) is 41.3 Å². The molecular formula is C29H29N3O3S. The van der Waals surface area contributed by atoms with Crippen molar-refractivity contribution < 1.29 is 14.3 Å². The number of hydrogen-bond donors (Lipinski definition) is 1. The maximum atomic E-state index is 14.1. The number of carbonyl (C=O) groups excluding carboxylic acids is 2. The Morgan fingerprint density at radius 1 is 1.06 bits per heavy atom. The van der Waals surface area contributed by atoms with E-state index in [1.54, 1.807) is 12.0 Å². The first-order chi connectivity index (χ1) is 17.4. The number of nitrogens with zero attached hydrogens (tertiary/aromatic N) is 2. The molecule has 184 valence electrons. The minimum atomic E-state index is -0.815. The van der Waals surface area contributed by atoms with Gasteiger partial charge >= 0.3 is 0 Å². The van der Waals surface area contributed by atoms with Crippen molar-refractivity contribution in [1.29, 1.82) is 0 Å². The normalized spacial score (nSPS) is 15.5. The molecule has 0 saturated carbocycles. The second kappa shape index (κ2) is 9.74. The van der Waals surface area contributed by atoms with Gasteiger partial charge in [0.1, 0.15) is 11.8 Å². The molecule has 36 heavy (non-hydrogen) atoms. The van der Waals surface area contributed by atoms with Crippen LogP contribution in [0.5, 0.6) is 5.75 Å². The summed E-state index contributed by atoms with van der Waals surface area (Å²) in [6.45, 7) is 4.31. The molecule has 7 heteroatoms. The van der Waals surface area contributed by atoms with Crippen LogP contribution >= 0.6 is 11.8 Å². The van der Waals surface area contributed by atoms with Crippen LogP contribution < -0.4 is 15.0 Å². The molecule has 0 bridgehead atoms. The number of methoxy groups -OCH3 is 1. The number of hydrogen-bond acceptors (Lipinski definition) is 4. The number of anilines is 1. The summed E-state index contributed by atoms with van der Waals surface area (Å²) < 4.78 is 7.56. The number of aromatic nitrogens is 1. The zero-order chi connectivity index (χ0) is 25.4. The molecule has 6 nitrogen and oxygen atoms in total. The minimum absolute atomic E-state index is 0.0947. The molecule has 1 atom stereocenters. The molecule has 1 aliphatic heterocycles. The van der Waals surface area contributed by atoms with Crippen molar-refractivity contribution >= 4 is 40.2 Å². The molecule has 0 unspecified atom stereocenters. The van der Waals surface area contributed by atoms with Gasteiger partial charge in [0.2, 0.25) is 11.8 Å². The third-order valence-electron chi connectivity index (χ3n) is 6.60. The van der Waals surface area contributed by atoms with Crippen LogP contribution in [0.1, 0.15) is 28.3 Å². The Labute approximate surface area is 215 Å². The minimum Gasteiger partial charge on any atom is -0.496 e. The van der Waals surface area contributed by atoms with Crippen LogP contribution in [0.15, 0.2) is 71.8 Å². The number of fused-ring (bicyclic) bond motifs is 3. The molecule has 0 aliphatic carbocycles. The van der Waals surface area contributed by atoms with Crippen molar-refractivity contribution in [2.75, 3.05) is 17.8 Å². The van der Waals surface area contributed by atoms with E-state index in [0.717, 1.165) is 43.9 Å². The van der Waals surface area contributed by atoms with Crippen molar-refractivity contribution in [3.05, 3.63) is 89.0 Å². The molecule has 0 saturated heterocycles. The number of amides is 2. The van der Waals surface area contributed by atoms with E-state index in [4.69, 9.17) is 4.74 Å². The van der Waals surface area contributed by atoms with Crippen LogP contribution in [-0.2, 0) is 23.2 Å². The lowest BCUT2D eigenvalue weighted by Gasteiger charge is -2.30. The van der Waals surface area contributed by atoms with Gasteiger partial charge in [-0.2, -0.15) is 0 Å². The Kier molecular flexibility index (Phi) is 6.49. The lowest BCUT2D eigenvalue weighted by molar-refractivity contribution is -0.125. The molecule has 3 aromatic carbocycles. The maximum Gasteiger partial charge on any atom is 0.248 e. The smallest absolute Gasteiger partial charge is 0.248 e. The molecule has 0 spiro atoms. The fourth-order valence-electron chi connectivity index (χ4n) is 5.07. The number of para-hydroxylation sites is 2. The van der Waals surface area contributed by atoms with E-state index in [1.165, 1.54) is 11.8 Å². The molecule has 2 heterocycles. The second-order valence-corrected chi connectivity index (χ2v) is 10.1. The molecule has 0 fully saturated rings. The zero-order valence-electron chi connectivity index (χ0n) is 20.9. The Morgan fingerprint density at radius 2 is 1.75 bits per heavy atom. The average molecular weight is 500 g/mol. The Hall–Kier alpha value is -3.71. The summed E-state index contributed by atoms with van der Waals surface area (Å²) in [5, 5.41) is 5.02. The predicted octanol–water partition coefficient (Wildman–Crippen LogP) is 5.30. The molecular weight excluding hydrogens is 470 g/mol. The summed E-state index contributed by atoms with van der Waals surface area (Å²) in [4.78, 5) is 29.4. The topological polar surface area (TPSA) is 63.6 Å². The largest absolute Gasteiger partial charge is 0.496 e. The third kappa shape index (κ3) is 4.24. The monoisotopic (exact) mass is 499 g/mol. The lowest BCUT2D eigenvalue weighted by atomic mass is 10.0. The molecule has 0 radical (unpaired) electrons. The van der Waals surface area contributed by atoms with Crippen LogP contribution in [0.3, 0.4) is 0 Å². The number of aryl methyl sites for hydroxylation is 3. The van der Waals surface area contributed by atoms with Gasteiger partial charge in [0.15, 0.2) is 0 Å². The first-order valence-electron chi connectivity index (χ1n) is 11.9. The summed E-state index contributed by atoms with van der Waals surface area (Å²) in [5.74, 6) is 0.638. The summed E-state index contributed by atoms with van der Waals surface area (Å²) in [6.07, 6.45) is 0. The first kappa shape index (κ1) is 24.0. The molecule has 1 aromatic heterocycles. The van der Waals surface area contributed by atoms with Gasteiger partial charge < -0.3 is 14.6 Å².